The highest BCUT2D eigenvalue weighted by molar-refractivity contribution is 7.09. The van der Waals surface area contributed by atoms with Crippen molar-refractivity contribution in [3.05, 3.63) is 22.4 Å². The quantitative estimate of drug-likeness (QED) is 0.640. The second kappa shape index (κ2) is 2.84. The van der Waals surface area contributed by atoms with Crippen molar-refractivity contribution in [2.75, 3.05) is 6.61 Å². The lowest BCUT2D eigenvalue weighted by atomic mass is 10.4. The van der Waals surface area contributed by atoms with Crippen molar-refractivity contribution in [1.82, 2.24) is 0 Å². The summed E-state index contributed by atoms with van der Waals surface area (Å²) in [6.07, 6.45) is 0.803. The normalized spacial score (nSPS) is 9.62. The first-order valence-corrected chi connectivity index (χ1v) is 3.44. The van der Waals surface area contributed by atoms with Gasteiger partial charge in [0.15, 0.2) is 0 Å². The van der Waals surface area contributed by atoms with Gasteiger partial charge in [-0.25, -0.2) is 0 Å². The highest BCUT2D eigenvalue weighted by Gasteiger charge is 1.87. The molecular weight excluding hydrogens is 120 g/mol. The van der Waals surface area contributed by atoms with Crippen molar-refractivity contribution in [1.29, 1.82) is 0 Å². The van der Waals surface area contributed by atoms with Crippen LogP contribution in [0.3, 0.4) is 0 Å². The Morgan fingerprint density at radius 2 is 2.62 bits per heavy atom. The lowest BCUT2D eigenvalue weighted by molar-refractivity contribution is 0.300. The maximum Gasteiger partial charge on any atom is 1.00 e. The molecule has 2 heteroatoms. The Balaban J connectivity index is 0.000000640. The molecule has 0 saturated carbocycles. The fourth-order valence-corrected chi connectivity index (χ4v) is 1.26. The second-order valence-electron chi connectivity index (χ2n) is 1.55. The molecule has 1 nitrogen and oxygen atoms in total. The number of aliphatic hydroxyl groups is 1. The number of thiophene rings is 1. The molecule has 1 rings (SSSR count). The molecule has 1 aromatic rings. The van der Waals surface area contributed by atoms with E-state index in [9.17, 15) is 0 Å². The summed E-state index contributed by atoms with van der Waals surface area (Å²) in [6, 6.07) is 4.02. The lowest BCUT2D eigenvalue weighted by Crippen LogP contribution is -1.84. The predicted octanol–water partition coefficient (Wildman–Crippen LogP) is 1.40. The van der Waals surface area contributed by atoms with Crippen LogP contribution in [0.4, 0.5) is 0 Å². The molecule has 1 N–H and O–H groups in total. The minimum atomic E-state index is 0. The Kier molecular flexibility index (Phi) is 2.06. The molecule has 0 radical (unpaired) electrons. The Morgan fingerprint density at radius 1 is 1.75 bits per heavy atom. The second-order valence-corrected chi connectivity index (χ2v) is 2.59. The zero-order valence-corrected chi connectivity index (χ0v) is 5.32. The van der Waals surface area contributed by atoms with Crippen LogP contribution in [-0.2, 0) is 6.42 Å². The van der Waals surface area contributed by atoms with Gasteiger partial charge in [0.25, 0.3) is 0 Å². The van der Waals surface area contributed by atoms with Crippen LogP contribution in [0.1, 0.15) is 6.30 Å². The van der Waals surface area contributed by atoms with Crippen molar-refractivity contribution in [2.24, 2.45) is 0 Å². The summed E-state index contributed by atoms with van der Waals surface area (Å²) in [4.78, 5) is 1.26. The molecule has 0 atom stereocenters. The SMILES string of the molecule is OCCc1cccs1.[H+]. The van der Waals surface area contributed by atoms with Gasteiger partial charge in [-0.2, -0.15) is 0 Å². The van der Waals surface area contributed by atoms with Crippen molar-refractivity contribution in [3.63, 3.8) is 0 Å². The van der Waals surface area contributed by atoms with E-state index in [4.69, 9.17) is 5.11 Å². The van der Waals surface area contributed by atoms with Crippen molar-refractivity contribution >= 4 is 11.3 Å². The van der Waals surface area contributed by atoms with E-state index < -0.39 is 0 Å². The number of hydrogen-bond acceptors (Lipinski definition) is 2. The number of hydrogen-bond donors (Lipinski definition) is 1. The largest absolute Gasteiger partial charge is 1.00 e. The third kappa shape index (κ3) is 1.32. The monoisotopic (exact) mass is 129 g/mol. The van der Waals surface area contributed by atoms with E-state index in [2.05, 4.69) is 0 Å². The lowest BCUT2D eigenvalue weighted by Gasteiger charge is -1.85. The van der Waals surface area contributed by atoms with E-state index in [1.807, 2.05) is 17.5 Å². The van der Waals surface area contributed by atoms with Crippen LogP contribution < -0.4 is 0 Å². The van der Waals surface area contributed by atoms with E-state index in [-0.39, 0.29) is 8.03 Å². The van der Waals surface area contributed by atoms with Gasteiger partial charge in [-0.3, -0.25) is 0 Å². The first-order chi connectivity index (χ1) is 3.93. The Morgan fingerprint density at radius 3 is 3.12 bits per heavy atom. The molecule has 0 aliphatic heterocycles. The maximum absolute atomic E-state index is 8.44. The average Bonchev–Trinajstić information content (AvgIpc) is 2.19. The first-order valence-electron chi connectivity index (χ1n) is 2.56. The molecule has 0 aliphatic carbocycles. The minimum absolute atomic E-state index is 0. The Labute approximate surface area is 54.1 Å². The van der Waals surface area contributed by atoms with Crippen LogP contribution >= 0.6 is 11.3 Å². The predicted molar refractivity (Wildman–Crippen MR) is 36.2 cm³/mol. The molecule has 8 heavy (non-hydrogen) atoms. The third-order valence-electron chi connectivity index (χ3n) is 0.938. The first kappa shape index (κ1) is 5.79. The van der Waals surface area contributed by atoms with E-state index >= 15 is 0 Å². The molecule has 44 valence electrons. The fraction of sp³-hybridized carbons (Fsp3) is 0.333. The average molecular weight is 129 g/mol. The van der Waals surface area contributed by atoms with Gasteiger partial charge in [-0.05, 0) is 11.4 Å². The van der Waals surface area contributed by atoms with E-state index in [0.717, 1.165) is 6.42 Å². The standard InChI is InChI=1S/C6H8OS/c7-4-3-6-2-1-5-8-6/h1-2,5,7H,3-4H2/p+1. The molecule has 0 unspecified atom stereocenters. The fourth-order valence-electron chi connectivity index (χ4n) is 0.565. The van der Waals surface area contributed by atoms with Crippen LogP contribution in [0.2, 0.25) is 0 Å². The zero-order valence-electron chi connectivity index (χ0n) is 5.50. The van der Waals surface area contributed by atoms with Gasteiger partial charge in [0.05, 0.1) is 0 Å². The van der Waals surface area contributed by atoms with Crippen LogP contribution in [-0.4, -0.2) is 11.7 Å². The van der Waals surface area contributed by atoms with Crippen molar-refractivity contribution in [2.45, 2.75) is 6.42 Å². The van der Waals surface area contributed by atoms with Crippen LogP contribution in [0, 0.1) is 0 Å². The van der Waals surface area contributed by atoms with Gasteiger partial charge < -0.3 is 5.11 Å². The van der Waals surface area contributed by atoms with Gasteiger partial charge in [0, 0.05) is 17.9 Å². The summed E-state index contributed by atoms with van der Waals surface area (Å²) < 4.78 is 0. The highest BCUT2D eigenvalue weighted by atomic mass is 32.1. The van der Waals surface area contributed by atoms with Gasteiger partial charge in [0.2, 0.25) is 0 Å². The smallest absolute Gasteiger partial charge is 0.396 e. The molecule has 0 fully saturated rings. The molecular formula is C6H9OS+. The van der Waals surface area contributed by atoms with Gasteiger partial charge in [0.1, 0.15) is 0 Å². The molecule has 1 aromatic heterocycles. The van der Waals surface area contributed by atoms with Gasteiger partial charge in [-0.1, -0.05) is 6.07 Å². The van der Waals surface area contributed by atoms with Crippen molar-refractivity contribution < 1.29 is 6.53 Å². The highest BCUT2D eigenvalue weighted by Crippen LogP contribution is 2.07. The summed E-state index contributed by atoms with van der Waals surface area (Å²) >= 11 is 1.69. The zero-order chi connectivity index (χ0) is 5.82. The van der Waals surface area contributed by atoms with Crippen molar-refractivity contribution in [3.8, 4) is 0 Å². The summed E-state index contributed by atoms with van der Waals surface area (Å²) in [5.74, 6) is 0. The summed E-state index contributed by atoms with van der Waals surface area (Å²) in [7, 11) is 0. The molecule has 0 spiro atoms. The van der Waals surface area contributed by atoms with E-state index in [1.54, 1.807) is 11.3 Å². The number of rotatable bonds is 2. The summed E-state index contributed by atoms with van der Waals surface area (Å²) in [6.45, 7) is 0.264. The van der Waals surface area contributed by atoms with Crippen LogP contribution in [0.15, 0.2) is 17.5 Å². The molecule has 0 aliphatic rings. The van der Waals surface area contributed by atoms with E-state index in [0.29, 0.717) is 0 Å². The molecule has 0 aromatic carbocycles. The number of aliphatic hydroxyl groups excluding tert-OH is 1. The Hall–Kier alpha value is -0.340. The summed E-state index contributed by atoms with van der Waals surface area (Å²) in [5, 5.41) is 10.5. The minimum Gasteiger partial charge on any atom is -0.396 e. The van der Waals surface area contributed by atoms with Gasteiger partial charge in [-0.15, -0.1) is 11.3 Å². The molecule has 0 saturated heterocycles. The molecule has 0 bridgehead atoms. The Bertz CT molecular complexity index is 139. The molecule has 0 amide bonds. The maximum atomic E-state index is 8.44. The van der Waals surface area contributed by atoms with Crippen LogP contribution in [0.25, 0.3) is 0 Å². The summed E-state index contributed by atoms with van der Waals surface area (Å²) in [5.41, 5.74) is 0. The topological polar surface area (TPSA) is 20.2 Å². The van der Waals surface area contributed by atoms with E-state index in [1.165, 1.54) is 4.88 Å². The molecule has 1 heterocycles. The third-order valence-corrected chi connectivity index (χ3v) is 1.87. The van der Waals surface area contributed by atoms with Gasteiger partial charge >= 0.3 is 1.43 Å². The van der Waals surface area contributed by atoms with Crippen LogP contribution in [0.5, 0.6) is 0 Å².